The topological polar surface area (TPSA) is 167 Å². The smallest absolute Gasteiger partial charge is 0.252 e. The van der Waals surface area contributed by atoms with E-state index in [1.807, 2.05) is 6.07 Å². The molecule has 1 fully saturated rings. The minimum Gasteiger partial charge on any atom is -0.387 e. The fraction of sp³-hybridized carbons (Fsp3) is 0.304. The molecule has 0 atom stereocenters. The summed E-state index contributed by atoms with van der Waals surface area (Å²) in [6.07, 6.45) is 5.68. The van der Waals surface area contributed by atoms with Crippen molar-refractivity contribution in [1.29, 1.82) is 10.7 Å². The number of hydrogen-bond donors (Lipinski definition) is 5. The number of hydrogen-bond acceptors (Lipinski definition) is 9. The molecule has 0 saturated carbocycles. The number of piperidine rings is 1. The molecule has 12 heteroatoms. The number of aromatic nitrogens is 2. The molecule has 3 rings (SSSR count). The number of likely N-dealkylation sites (tertiary alicyclic amines) is 1. The standard InChI is InChI=1S/C23H25ClN8O3/c24-19-13-29-23(31-21(19)15-1-3-16(4-2-15)22(35)27-8-7-25)30-18(11-26)12-28-17-5-9-32(10-6-17)20(34)14-33/h1-4,11-13,17,26,28,33H,5-6,8-10,14H2,(H,27,35)(H,29,30,31)/b18-12+,26-11?. The Balaban J connectivity index is 1.65. The fourth-order valence-corrected chi connectivity index (χ4v) is 3.68. The molecule has 2 heterocycles. The molecular formula is C23H25ClN8O3. The van der Waals surface area contributed by atoms with Gasteiger partial charge in [0.25, 0.3) is 5.91 Å². The first-order valence-corrected chi connectivity index (χ1v) is 11.2. The Labute approximate surface area is 207 Å². The average Bonchev–Trinajstić information content (AvgIpc) is 2.90. The maximum Gasteiger partial charge on any atom is 0.252 e. The van der Waals surface area contributed by atoms with E-state index in [9.17, 15) is 9.59 Å². The quantitative estimate of drug-likeness (QED) is 0.257. The third-order valence-electron chi connectivity index (χ3n) is 5.36. The van der Waals surface area contributed by atoms with Crippen LogP contribution in [0, 0.1) is 16.7 Å². The van der Waals surface area contributed by atoms with Crippen LogP contribution in [0.5, 0.6) is 0 Å². The van der Waals surface area contributed by atoms with Crippen molar-refractivity contribution in [1.82, 2.24) is 25.5 Å². The molecule has 1 aromatic carbocycles. The van der Waals surface area contributed by atoms with Crippen LogP contribution >= 0.6 is 11.6 Å². The normalized spacial score (nSPS) is 14.1. The first-order chi connectivity index (χ1) is 16.9. The highest BCUT2D eigenvalue weighted by Gasteiger charge is 2.21. The Morgan fingerprint density at radius 1 is 1.29 bits per heavy atom. The summed E-state index contributed by atoms with van der Waals surface area (Å²) < 4.78 is 0. The highest BCUT2D eigenvalue weighted by atomic mass is 35.5. The van der Waals surface area contributed by atoms with Crippen molar-refractivity contribution < 1.29 is 14.7 Å². The van der Waals surface area contributed by atoms with E-state index in [1.165, 1.54) is 6.20 Å². The Bertz CT molecular complexity index is 1140. The van der Waals surface area contributed by atoms with E-state index < -0.39 is 6.61 Å². The van der Waals surface area contributed by atoms with Crippen LogP contribution in [0.4, 0.5) is 5.95 Å². The molecule has 1 aliphatic heterocycles. The first-order valence-electron chi connectivity index (χ1n) is 10.9. The van der Waals surface area contributed by atoms with Crippen molar-refractivity contribution in [3.05, 3.63) is 52.9 Å². The van der Waals surface area contributed by atoms with E-state index in [0.29, 0.717) is 40.6 Å². The van der Waals surface area contributed by atoms with Gasteiger partial charge in [-0.25, -0.2) is 9.97 Å². The molecule has 0 unspecified atom stereocenters. The lowest BCUT2D eigenvalue weighted by molar-refractivity contribution is -0.135. The lowest BCUT2D eigenvalue weighted by Crippen LogP contribution is -2.44. The van der Waals surface area contributed by atoms with Gasteiger partial charge in [0.2, 0.25) is 11.9 Å². The van der Waals surface area contributed by atoms with Gasteiger partial charge >= 0.3 is 0 Å². The molecule has 1 saturated heterocycles. The molecular weight excluding hydrogens is 472 g/mol. The zero-order valence-electron chi connectivity index (χ0n) is 18.8. The molecule has 0 bridgehead atoms. The summed E-state index contributed by atoms with van der Waals surface area (Å²) in [5, 5.41) is 34.3. The number of allylic oxidation sites excluding steroid dienone is 1. The number of carbonyl (C=O) groups excluding carboxylic acids is 2. The largest absolute Gasteiger partial charge is 0.387 e. The zero-order chi connectivity index (χ0) is 25.2. The molecule has 11 nitrogen and oxygen atoms in total. The van der Waals surface area contributed by atoms with Crippen LogP contribution in [-0.4, -0.2) is 70.3 Å². The predicted octanol–water partition coefficient (Wildman–Crippen LogP) is 1.53. The lowest BCUT2D eigenvalue weighted by Gasteiger charge is -2.31. The van der Waals surface area contributed by atoms with Crippen LogP contribution in [0.1, 0.15) is 23.2 Å². The van der Waals surface area contributed by atoms with E-state index in [1.54, 1.807) is 35.4 Å². The molecule has 0 aliphatic carbocycles. The molecule has 2 aromatic rings. The first kappa shape index (κ1) is 25.6. The number of rotatable bonds is 9. The molecule has 0 spiro atoms. The number of aliphatic hydroxyl groups is 1. The highest BCUT2D eigenvalue weighted by molar-refractivity contribution is 6.32. The summed E-state index contributed by atoms with van der Waals surface area (Å²) in [5.74, 6) is -0.387. The van der Waals surface area contributed by atoms with Crippen LogP contribution in [0.2, 0.25) is 5.02 Å². The third-order valence-corrected chi connectivity index (χ3v) is 5.64. The SMILES string of the molecule is N#CCNC(=O)c1ccc(-c2nc(N/C(C=N)=C/NC3CCN(C(=O)CO)CC3)ncc2Cl)cc1. The molecule has 35 heavy (non-hydrogen) atoms. The predicted molar refractivity (Wildman–Crippen MR) is 131 cm³/mol. The Kier molecular flexibility index (Phi) is 9.11. The number of carbonyl (C=O) groups is 2. The number of amides is 2. The minimum absolute atomic E-state index is 0.0757. The second-order valence-corrected chi connectivity index (χ2v) is 8.06. The number of nitrogens with zero attached hydrogens (tertiary/aromatic N) is 4. The van der Waals surface area contributed by atoms with Crippen molar-refractivity contribution in [2.75, 3.05) is 31.6 Å². The van der Waals surface area contributed by atoms with Crippen LogP contribution in [0.3, 0.4) is 0 Å². The summed E-state index contributed by atoms with van der Waals surface area (Å²) in [7, 11) is 0. The van der Waals surface area contributed by atoms with Crippen LogP contribution in [-0.2, 0) is 4.79 Å². The van der Waals surface area contributed by atoms with E-state index in [-0.39, 0.29) is 30.3 Å². The van der Waals surface area contributed by atoms with E-state index >= 15 is 0 Å². The van der Waals surface area contributed by atoms with Gasteiger partial charge in [0.05, 0.1) is 28.7 Å². The average molecular weight is 497 g/mol. The molecule has 5 N–H and O–H groups in total. The maximum absolute atomic E-state index is 12.0. The van der Waals surface area contributed by atoms with E-state index in [4.69, 9.17) is 27.4 Å². The number of benzene rings is 1. The Morgan fingerprint density at radius 2 is 2.00 bits per heavy atom. The van der Waals surface area contributed by atoms with Gasteiger partial charge in [-0.2, -0.15) is 5.26 Å². The van der Waals surface area contributed by atoms with E-state index in [0.717, 1.165) is 19.1 Å². The second kappa shape index (κ2) is 12.5. The second-order valence-electron chi connectivity index (χ2n) is 7.66. The Hall–Kier alpha value is -4.01. The van der Waals surface area contributed by atoms with Crippen LogP contribution < -0.4 is 16.0 Å². The van der Waals surface area contributed by atoms with Crippen molar-refractivity contribution in [2.24, 2.45) is 0 Å². The number of aliphatic hydroxyl groups excluding tert-OH is 1. The molecule has 1 aromatic heterocycles. The van der Waals surface area contributed by atoms with Gasteiger partial charge in [-0.15, -0.1) is 0 Å². The molecule has 0 radical (unpaired) electrons. The molecule has 1 aliphatic rings. The third kappa shape index (κ3) is 6.99. The van der Waals surface area contributed by atoms with Gasteiger partial charge < -0.3 is 31.4 Å². The summed E-state index contributed by atoms with van der Waals surface area (Å²) in [6.45, 7) is 0.555. The summed E-state index contributed by atoms with van der Waals surface area (Å²) in [4.78, 5) is 33.8. The van der Waals surface area contributed by atoms with Crippen molar-refractivity contribution in [2.45, 2.75) is 18.9 Å². The highest BCUT2D eigenvalue weighted by Crippen LogP contribution is 2.26. The van der Waals surface area contributed by atoms with Gasteiger partial charge in [0.1, 0.15) is 13.2 Å². The van der Waals surface area contributed by atoms with Gasteiger partial charge in [0.15, 0.2) is 0 Å². The lowest BCUT2D eigenvalue weighted by atomic mass is 10.1. The number of anilines is 1. The monoisotopic (exact) mass is 496 g/mol. The maximum atomic E-state index is 12.0. The van der Waals surface area contributed by atoms with E-state index in [2.05, 4.69) is 25.9 Å². The molecule has 2 amide bonds. The van der Waals surface area contributed by atoms with Gasteiger partial charge in [-0.1, -0.05) is 23.7 Å². The van der Waals surface area contributed by atoms with Gasteiger partial charge in [0, 0.05) is 42.7 Å². The van der Waals surface area contributed by atoms with Crippen LogP contribution in [0.15, 0.2) is 42.4 Å². The van der Waals surface area contributed by atoms with Crippen LogP contribution in [0.25, 0.3) is 11.3 Å². The number of nitriles is 1. The zero-order valence-corrected chi connectivity index (χ0v) is 19.5. The Morgan fingerprint density at radius 3 is 2.63 bits per heavy atom. The summed E-state index contributed by atoms with van der Waals surface area (Å²) >= 11 is 6.30. The van der Waals surface area contributed by atoms with Crippen molar-refractivity contribution in [3.63, 3.8) is 0 Å². The summed E-state index contributed by atoms with van der Waals surface area (Å²) in [5.41, 5.74) is 1.95. The minimum atomic E-state index is -0.481. The summed E-state index contributed by atoms with van der Waals surface area (Å²) in [6, 6.07) is 8.59. The number of halogens is 1. The fourth-order valence-electron chi connectivity index (χ4n) is 3.48. The van der Waals surface area contributed by atoms with Crippen molar-refractivity contribution >= 4 is 35.6 Å². The van der Waals surface area contributed by atoms with Gasteiger partial charge in [-0.05, 0) is 25.0 Å². The van der Waals surface area contributed by atoms with Gasteiger partial charge in [-0.3, -0.25) is 9.59 Å². The number of nitrogens with one attached hydrogen (secondary N) is 4. The molecule has 182 valence electrons. The van der Waals surface area contributed by atoms with Crippen molar-refractivity contribution in [3.8, 4) is 17.3 Å².